The summed E-state index contributed by atoms with van der Waals surface area (Å²) in [4.78, 5) is 23.6. The van der Waals surface area contributed by atoms with Crippen LogP contribution in [0.4, 0.5) is 5.82 Å². The van der Waals surface area contributed by atoms with E-state index in [1.165, 1.54) is 6.26 Å². The van der Waals surface area contributed by atoms with Crippen molar-refractivity contribution in [3.05, 3.63) is 53.8 Å². The number of carbonyl (C=O) groups excluding carboxylic acids is 1. The zero-order chi connectivity index (χ0) is 28.7. The Hall–Kier alpha value is -3.84. The molecule has 40 heavy (non-hydrogen) atoms. The molecule has 1 aliphatic rings. The number of carbonyl (C=O) groups is 1. The molecule has 212 valence electrons. The van der Waals surface area contributed by atoms with E-state index < -0.39 is 15.9 Å². The fourth-order valence-corrected chi connectivity index (χ4v) is 5.67. The van der Waals surface area contributed by atoms with Crippen LogP contribution in [0.3, 0.4) is 0 Å². The maximum atomic E-state index is 12.7. The predicted molar refractivity (Wildman–Crippen MR) is 151 cm³/mol. The number of nitrogens with one attached hydrogen (secondary N) is 3. The van der Waals surface area contributed by atoms with E-state index in [-0.39, 0.29) is 23.4 Å². The van der Waals surface area contributed by atoms with Gasteiger partial charge in [0.05, 0.1) is 17.7 Å². The number of nitrogens with zero attached hydrogens (tertiary/aromatic N) is 5. The number of rotatable bonds is 7. The predicted octanol–water partition coefficient (Wildman–Crippen LogP) is 3.31. The van der Waals surface area contributed by atoms with Gasteiger partial charge in [0.15, 0.2) is 17.3 Å². The third-order valence-corrected chi connectivity index (χ3v) is 7.74. The van der Waals surface area contributed by atoms with E-state index >= 15 is 0 Å². The summed E-state index contributed by atoms with van der Waals surface area (Å²) in [5.74, 6) is 0.798. The Morgan fingerprint density at radius 3 is 2.48 bits per heavy atom. The van der Waals surface area contributed by atoms with Gasteiger partial charge in [-0.2, -0.15) is 10.1 Å². The van der Waals surface area contributed by atoms with Gasteiger partial charge in [-0.3, -0.25) is 9.89 Å². The summed E-state index contributed by atoms with van der Waals surface area (Å²) in [5, 5.41) is 15.4. The van der Waals surface area contributed by atoms with Gasteiger partial charge in [0, 0.05) is 30.7 Å². The second-order valence-corrected chi connectivity index (χ2v) is 13.1. The van der Waals surface area contributed by atoms with E-state index in [1.54, 1.807) is 6.20 Å². The highest BCUT2D eigenvalue weighted by molar-refractivity contribution is 7.88. The second-order valence-electron chi connectivity index (χ2n) is 11.3. The molecule has 1 fully saturated rings. The van der Waals surface area contributed by atoms with Crippen molar-refractivity contribution in [1.82, 2.24) is 35.4 Å². The molecule has 13 heteroatoms. The molecule has 4 aromatic rings. The molecule has 0 unspecified atom stereocenters. The Morgan fingerprint density at radius 1 is 1.15 bits per heavy atom. The number of hydrogen-bond acceptors (Lipinski definition) is 9. The summed E-state index contributed by atoms with van der Waals surface area (Å²) in [6, 6.07) is 9.57. The van der Waals surface area contributed by atoms with Crippen LogP contribution in [0.1, 0.15) is 68.7 Å². The number of sulfonamides is 1. The first-order valence-electron chi connectivity index (χ1n) is 13.2. The molecule has 1 amide bonds. The lowest BCUT2D eigenvalue weighted by Gasteiger charge is -2.32. The van der Waals surface area contributed by atoms with Crippen molar-refractivity contribution in [2.75, 3.05) is 24.2 Å². The molecule has 0 spiro atoms. The fourth-order valence-electron chi connectivity index (χ4n) is 4.83. The molecular formula is C27H34N8O4S. The fraction of sp³-hybridized carbons (Fsp3) is 0.444. The third-order valence-electron chi connectivity index (χ3n) is 6.98. The molecule has 4 heterocycles. The van der Waals surface area contributed by atoms with Crippen LogP contribution in [-0.2, 0) is 15.4 Å². The van der Waals surface area contributed by atoms with Gasteiger partial charge in [0.1, 0.15) is 0 Å². The van der Waals surface area contributed by atoms with E-state index in [0.717, 1.165) is 27.9 Å². The van der Waals surface area contributed by atoms with Crippen molar-refractivity contribution in [1.29, 1.82) is 0 Å². The normalized spacial score (nSPS) is 15.9. The number of aromatic amines is 1. The van der Waals surface area contributed by atoms with Gasteiger partial charge in [0.25, 0.3) is 0 Å². The van der Waals surface area contributed by atoms with E-state index in [4.69, 9.17) is 4.52 Å². The Morgan fingerprint density at radius 2 is 1.85 bits per heavy atom. The SMILES string of the molecule is C[C@@H](NC(=O)c1nc(C(C)(C)C)no1)c1ccc(-c2ccnc3[nH]nc(N4CCC(NS(C)(=O)=O)CC4)c23)cc1. The summed E-state index contributed by atoms with van der Waals surface area (Å²) in [7, 11) is -3.24. The zero-order valence-corrected chi connectivity index (χ0v) is 24.0. The van der Waals surface area contributed by atoms with Crippen molar-refractivity contribution in [2.45, 2.75) is 58.0 Å². The van der Waals surface area contributed by atoms with Gasteiger partial charge >= 0.3 is 11.8 Å². The summed E-state index contributed by atoms with van der Waals surface area (Å²) < 4.78 is 31.1. The van der Waals surface area contributed by atoms with Crippen LogP contribution in [0, 0.1) is 0 Å². The number of amides is 1. The molecular weight excluding hydrogens is 532 g/mol. The summed E-state index contributed by atoms with van der Waals surface area (Å²) in [6.07, 6.45) is 4.32. The van der Waals surface area contributed by atoms with Crippen molar-refractivity contribution >= 4 is 32.8 Å². The van der Waals surface area contributed by atoms with Crippen molar-refractivity contribution in [3.8, 4) is 11.1 Å². The molecule has 0 radical (unpaired) electrons. The van der Waals surface area contributed by atoms with Crippen LogP contribution in [0.25, 0.3) is 22.2 Å². The minimum absolute atomic E-state index is 0.0591. The van der Waals surface area contributed by atoms with E-state index in [9.17, 15) is 13.2 Å². The molecule has 0 saturated carbocycles. The van der Waals surface area contributed by atoms with Crippen molar-refractivity contribution < 1.29 is 17.7 Å². The summed E-state index contributed by atoms with van der Waals surface area (Å²) in [5.41, 5.74) is 3.25. The summed E-state index contributed by atoms with van der Waals surface area (Å²) >= 11 is 0. The average Bonchev–Trinajstić information content (AvgIpc) is 3.56. The topological polar surface area (TPSA) is 159 Å². The molecule has 3 N–H and O–H groups in total. The Labute approximate surface area is 233 Å². The highest BCUT2D eigenvalue weighted by atomic mass is 32.2. The molecule has 1 atom stereocenters. The second kappa shape index (κ2) is 10.6. The van der Waals surface area contributed by atoms with Gasteiger partial charge in [-0.25, -0.2) is 18.1 Å². The number of H-pyrrole nitrogens is 1. The Balaban J connectivity index is 1.32. The lowest BCUT2D eigenvalue weighted by atomic mass is 9.96. The highest BCUT2D eigenvalue weighted by Crippen LogP contribution is 2.35. The summed E-state index contributed by atoms with van der Waals surface area (Å²) in [6.45, 7) is 9.11. The molecule has 1 aliphatic heterocycles. The van der Waals surface area contributed by atoms with Gasteiger partial charge in [-0.05, 0) is 42.5 Å². The lowest BCUT2D eigenvalue weighted by molar-refractivity contribution is 0.0895. The maximum Gasteiger partial charge on any atom is 0.315 e. The number of anilines is 1. The van der Waals surface area contributed by atoms with E-state index in [1.807, 2.05) is 58.0 Å². The van der Waals surface area contributed by atoms with E-state index in [2.05, 4.69) is 40.3 Å². The largest absolute Gasteiger partial charge is 0.354 e. The molecule has 3 aromatic heterocycles. The van der Waals surface area contributed by atoms with Crippen LogP contribution < -0.4 is 14.9 Å². The van der Waals surface area contributed by atoms with Crippen molar-refractivity contribution in [2.24, 2.45) is 0 Å². The quantitative estimate of drug-likeness (QED) is 0.305. The lowest BCUT2D eigenvalue weighted by Crippen LogP contribution is -2.44. The van der Waals surface area contributed by atoms with Gasteiger partial charge in [-0.1, -0.05) is 50.2 Å². The molecule has 0 aliphatic carbocycles. The number of pyridine rings is 1. The number of benzene rings is 1. The molecule has 0 bridgehead atoms. The standard InChI is InChI=1S/C27H34N8O4S/c1-16(29-24(36)25-30-26(33-39-25)27(2,3)4)17-6-8-18(9-7-17)20-10-13-28-22-21(20)23(32-31-22)35-14-11-19(12-15-35)34-40(5,37)38/h6-10,13,16,19,34H,11-12,14-15H2,1-5H3,(H,29,36)(H,28,31,32)/t16-/m1/s1. The van der Waals surface area contributed by atoms with Gasteiger partial charge in [0.2, 0.25) is 10.0 Å². The maximum absolute atomic E-state index is 12.7. The monoisotopic (exact) mass is 566 g/mol. The first kappa shape index (κ1) is 27.7. The van der Waals surface area contributed by atoms with Crippen molar-refractivity contribution in [3.63, 3.8) is 0 Å². The Kier molecular flexibility index (Phi) is 7.36. The van der Waals surface area contributed by atoms with E-state index in [0.29, 0.717) is 37.4 Å². The van der Waals surface area contributed by atoms with Crippen LogP contribution >= 0.6 is 0 Å². The number of aromatic nitrogens is 5. The van der Waals surface area contributed by atoms with Crippen LogP contribution in [0.15, 0.2) is 41.1 Å². The average molecular weight is 567 g/mol. The highest BCUT2D eigenvalue weighted by Gasteiger charge is 2.26. The Bertz CT molecular complexity index is 1610. The third kappa shape index (κ3) is 5.99. The minimum Gasteiger partial charge on any atom is -0.354 e. The van der Waals surface area contributed by atoms with Gasteiger partial charge in [-0.15, -0.1) is 0 Å². The minimum atomic E-state index is -3.24. The number of fused-ring (bicyclic) bond motifs is 1. The smallest absolute Gasteiger partial charge is 0.315 e. The molecule has 1 aromatic carbocycles. The number of hydrogen-bond donors (Lipinski definition) is 3. The first-order valence-corrected chi connectivity index (χ1v) is 15.1. The van der Waals surface area contributed by atoms with Crippen LogP contribution in [-0.4, -0.2) is 65.0 Å². The van der Waals surface area contributed by atoms with Crippen LogP contribution in [0.2, 0.25) is 0 Å². The molecule has 5 rings (SSSR count). The van der Waals surface area contributed by atoms with Crippen LogP contribution in [0.5, 0.6) is 0 Å². The molecule has 1 saturated heterocycles. The zero-order valence-electron chi connectivity index (χ0n) is 23.2. The number of piperidine rings is 1. The molecule has 12 nitrogen and oxygen atoms in total. The van der Waals surface area contributed by atoms with Gasteiger partial charge < -0.3 is 14.7 Å². The first-order chi connectivity index (χ1) is 18.9.